The van der Waals surface area contributed by atoms with E-state index in [2.05, 4.69) is 5.16 Å². The summed E-state index contributed by atoms with van der Waals surface area (Å²) in [5.74, 6) is -1.83. The van der Waals surface area contributed by atoms with Crippen molar-refractivity contribution in [1.29, 1.82) is 0 Å². The Labute approximate surface area is 213 Å². The molecule has 1 aromatic carbocycles. The highest BCUT2D eigenvalue weighted by Crippen LogP contribution is 2.55. The van der Waals surface area contributed by atoms with Crippen LogP contribution in [0.1, 0.15) is 50.7 Å². The summed E-state index contributed by atoms with van der Waals surface area (Å²) in [6.07, 6.45) is -8.35. The van der Waals surface area contributed by atoms with E-state index in [0.29, 0.717) is 30.5 Å². The molecule has 2 aliphatic carbocycles. The van der Waals surface area contributed by atoms with Gasteiger partial charge in [-0.25, -0.2) is 4.39 Å². The van der Waals surface area contributed by atoms with Crippen molar-refractivity contribution < 1.29 is 49.9 Å². The monoisotopic (exact) mass is 550 g/mol. The summed E-state index contributed by atoms with van der Waals surface area (Å²) in [6.45, 7) is 1.98. The van der Waals surface area contributed by atoms with E-state index in [-0.39, 0.29) is 35.2 Å². The van der Waals surface area contributed by atoms with Crippen molar-refractivity contribution in [2.45, 2.75) is 58.0 Å². The molecule has 3 aliphatic rings. The standard InChI is InChI=1S/C25H25F7N2O4/c1-12-16-3-5-23(2)6-4-18(17(10-26)20(23)21(16)38-22(12)36)34-37-11-19(35)33-15-8-13(24(27,28)29)7-14(9-15)25(30,31)32/h7-9,12,16,21H,3-6,10-11H2,1-2H3,(H,33,35)/b34-18+/t12-,16-,21-,23-/m0/s1. The summed E-state index contributed by atoms with van der Waals surface area (Å²) in [4.78, 5) is 29.4. The molecule has 38 heavy (non-hydrogen) atoms. The van der Waals surface area contributed by atoms with E-state index in [1.54, 1.807) is 6.92 Å². The van der Waals surface area contributed by atoms with Crippen molar-refractivity contribution in [2.75, 3.05) is 18.6 Å². The lowest BCUT2D eigenvalue weighted by Crippen LogP contribution is -2.42. The predicted molar refractivity (Wildman–Crippen MR) is 121 cm³/mol. The van der Waals surface area contributed by atoms with Crippen LogP contribution in [-0.4, -0.2) is 37.0 Å². The van der Waals surface area contributed by atoms with Crippen molar-refractivity contribution in [1.82, 2.24) is 0 Å². The number of allylic oxidation sites excluding steroid dienone is 1. The second-order valence-electron chi connectivity index (χ2n) is 10.1. The zero-order chi connectivity index (χ0) is 28.0. The van der Waals surface area contributed by atoms with Gasteiger partial charge in [-0.2, -0.15) is 26.3 Å². The molecule has 0 aromatic heterocycles. The minimum Gasteiger partial charge on any atom is -0.457 e. The number of anilines is 1. The molecule has 0 unspecified atom stereocenters. The molecule has 1 amide bonds. The maximum Gasteiger partial charge on any atom is 0.416 e. The third-order valence-corrected chi connectivity index (χ3v) is 7.57. The Morgan fingerprint density at radius 2 is 1.76 bits per heavy atom. The van der Waals surface area contributed by atoms with E-state index in [1.807, 2.05) is 12.2 Å². The number of fused-ring (bicyclic) bond motifs is 3. The van der Waals surface area contributed by atoms with Crippen molar-refractivity contribution in [2.24, 2.45) is 22.4 Å². The van der Waals surface area contributed by atoms with Gasteiger partial charge in [-0.05, 0) is 54.9 Å². The van der Waals surface area contributed by atoms with E-state index >= 15 is 0 Å². The molecule has 2 fully saturated rings. The molecular formula is C25H25F7N2O4. The molecular weight excluding hydrogens is 525 g/mol. The average molecular weight is 550 g/mol. The van der Waals surface area contributed by atoms with Crippen molar-refractivity contribution in [3.05, 3.63) is 40.5 Å². The van der Waals surface area contributed by atoms with Crippen LogP contribution in [0.4, 0.5) is 36.4 Å². The van der Waals surface area contributed by atoms with Crippen LogP contribution in [0.25, 0.3) is 0 Å². The fourth-order valence-electron chi connectivity index (χ4n) is 5.53. The van der Waals surface area contributed by atoms with Crippen molar-refractivity contribution in [3.63, 3.8) is 0 Å². The number of alkyl halides is 7. The Morgan fingerprint density at radius 1 is 1.13 bits per heavy atom. The Balaban J connectivity index is 1.51. The van der Waals surface area contributed by atoms with E-state index in [9.17, 15) is 40.3 Å². The molecule has 6 nitrogen and oxygen atoms in total. The number of halogens is 7. The third kappa shape index (κ3) is 5.37. The number of esters is 1. The van der Waals surface area contributed by atoms with Gasteiger partial charge in [-0.1, -0.05) is 19.0 Å². The lowest BCUT2D eigenvalue weighted by Gasteiger charge is -2.46. The van der Waals surface area contributed by atoms with E-state index < -0.39 is 59.9 Å². The van der Waals surface area contributed by atoms with Gasteiger partial charge in [0.15, 0.2) is 6.61 Å². The highest BCUT2D eigenvalue weighted by Gasteiger charge is 2.54. The number of nitrogens with zero attached hydrogens (tertiary/aromatic N) is 1. The van der Waals surface area contributed by atoms with Crippen LogP contribution >= 0.6 is 0 Å². The van der Waals surface area contributed by atoms with Crippen LogP contribution in [0.15, 0.2) is 34.5 Å². The molecule has 1 saturated carbocycles. The Morgan fingerprint density at radius 3 is 2.34 bits per heavy atom. The minimum absolute atomic E-state index is 0.0564. The van der Waals surface area contributed by atoms with Crippen LogP contribution in [-0.2, 0) is 31.5 Å². The van der Waals surface area contributed by atoms with Crippen LogP contribution in [0.3, 0.4) is 0 Å². The molecule has 1 N–H and O–H groups in total. The number of amides is 1. The summed E-state index contributed by atoms with van der Waals surface area (Å²) in [5, 5.41) is 5.81. The Bertz CT molecular complexity index is 1160. The molecule has 1 saturated heterocycles. The first kappa shape index (κ1) is 27.9. The highest BCUT2D eigenvalue weighted by atomic mass is 19.4. The fraction of sp³-hybridized carbons (Fsp3) is 0.560. The molecule has 4 rings (SSSR count). The number of nitrogens with one attached hydrogen (secondary N) is 1. The normalized spacial score (nSPS) is 28.6. The molecule has 0 bridgehead atoms. The number of oxime groups is 1. The summed E-state index contributed by atoms with van der Waals surface area (Å²) in [6, 6.07) is 0.686. The van der Waals surface area contributed by atoms with E-state index in [1.165, 1.54) is 0 Å². The molecule has 4 atom stereocenters. The summed E-state index contributed by atoms with van der Waals surface area (Å²) < 4.78 is 98.1. The van der Waals surface area contributed by atoms with E-state index in [0.717, 1.165) is 12.8 Å². The zero-order valence-corrected chi connectivity index (χ0v) is 20.4. The van der Waals surface area contributed by atoms with Crippen LogP contribution in [0.2, 0.25) is 0 Å². The maximum atomic E-state index is 14.3. The topological polar surface area (TPSA) is 77.0 Å². The number of carbonyl (C=O) groups is 2. The van der Waals surface area contributed by atoms with Gasteiger partial charge in [0.2, 0.25) is 0 Å². The van der Waals surface area contributed by atoms with Gasteiger partial charge in [0, 0.05) is 17.2 Å². The van der Waals surface area contributed by atoms with Gasteiger partial charge in [0.25, 0.3) is 5.91 Å². The van der Waals surface area contributed by atoms with Gasteiger partial charge in [-0.15, -0.1) is 0 Å². The molecule has 0 radical (unpaired) electrons. The zero-order valence-electron chi connectivity index (χ0n) is 20.4. The van der Waals surface area contributed by atoms with Crippen LogP contribution in [0.5, 0.6) is 0 Å². The maximum absolute atomic E-state index is 14.3. The second kappa shape index (κ2) is 9.88. The van der Waals surface area contributed by atoms with Crippen LogP contribution < -0.4 is 5.32 Å². The highest BCUT2D eigenvalue weighted by molar-refractivity contribution is 6.02. The lowest BCUT2D eigenvalue weighted by molar-refractivity contribution is -0.144. The second-order valence-corrected chi connectivity index (χ2v) is 10.1. The Hall–Kier alpha value is -3.12. The van der Waals surface area contributed by atoms with Crippen molar-refractivity contribution in [3.8, 4) is 0 Å². The number of hydrogen-bond acceptors (Lipinski definition) is 5. The van der Waals surface area contributed by atoms with Crippen LogP contribution in [0, 0.1) is 17.3 Å². The quantitative estimate of drug-likeness (QED) is 0.274. The number of ether oxygens (including phenoxy) is 1. The summed E-state index contributed by atoms with van der Waals surface area (Å²) in [5.41, 5.74) is -3.20. The smallest absolute Gasteiger partial charge is 0.416 e. The minimum atomic E-state index is -5.07. The molecule has 1 aliphatic heterocycles. The molecule has 208 valence electrons. The number of hydrogen-bond donors (Lipinski definition) is 1. The SMILES string of the molecule is C[C@@H]1C(=O)O[C@@H]2C3=C(CF)/C(=N/OCC(=O)Nc4cc(C(F)(F)F)cc(C(F)(F)F)c4)CC[C@]3(C)CC[C@@H]12. The first-order valence-corrected chi connectivity index (χ1v) is 11.9. The average Bonchev–Trinajstić information content (AvgIpc) is 3.11. The summed E-state index contributed by atoms with van der Waals surface area (Å²) >= 11 is 0. The lowest BCUT2D eigenvalue weighted by atomic mass is 9.59. The van der Waals surface area contributed by atoms with Gasteiger partial charge in [0.1, 0.15) is 12.8 Å². The molecule has 0 spiro atoms. The molecule has 1 aromatic rings. The Kier molecular flexibility index (Phi) is 7.26. The first-order chi connectivity index (χ1) is 17.6. The first-order valence-electron chi connectivity index (χ1n) is 11.9. The summed E-state index contributed by atoms with van der Waals surface area (Å²) in [7, 11) is 0. The van der Waals surface area contributed by atoms with Gasteiger partial charge < -0.3 is 14.9 Å². The fourth-order valence-corrected chi connectivity index (χ4v) is 5.53. The number of carbonyl (C=O) groups excluding carboxylic acids is 2. The number of rotatable bonds is 5. The third-order valence-electron chi connectivity index (χ3n) is 7.57. The van der Waals surface area contributed by atoms with Gasteiger partial charge >= 0.3 is 18.3 Å². The molecule has 13 heteroatoms. The van der Waals surface area contributed by atoms with Gasteiger partial charge in [0.05, 0.1) is 22.8 Å². The predicted octanol–water partition coefficient (Wildman–Crippen LogP) is 6.07. The largest absolute Gasteiger partial charge is 0.457 e. The number of benzene rings is 1. The molecule has 1 heterocycles. The van der Waals surface area contributed by atoms with Crippen molar-refractivity contribution >= 4 is 23.3 Å². The van der Waals surface area contributed by atoms with E-state index in [4.69, 9.17) is 9.57 Å². The van der Waals surface area contributed by atoms with Gasteiger partial charge in [-0.3, -0.25) is 9.59 Å².